The Morgan fingerprint density at radius 3 is 1.44 bits per heavy atom. The number of amides is 2. The second kappa shape index (κ2) is 24.6. The Labute approximate surface area is 272 Å². The summed E-state index contributed by atoms with van der Waals surface area (Å²) in [6.07, 6.45) is 17.1. The molecule has 1 atom stereocenters. The zero-order chi connectivity index (χ0) is 34.1. The van der Waals surface area contributed by atoms with Gasteiger partial charge in [-0.15, -0.1) is 0 Å². The molecule has 10 heteroatoms. The fraction of sp³-hybridized carbons (Fsp3) is 0.857. The van der Waals surface area contributed by atoms with E-state index in [2.05, 4.69) is 10.6 Å². The zero-order valence-electron chi connectivity index (χ0n) is 29.2. The highest BCUT2D eigenvalue weighted by Gasteiger charge is 2.27. The Balaban J connectivity index is 3.96. The third-order valence-electron chi connectivity index (χ3n) is 7.03. The summed E-state index contributed by atoms with van der Waals surface area (Å²) in [5, 5.41) is 14.1. The van der Waals surface area contributed by atoms with Crippen LogP contribution in [0.15, 0.2) is 0 Å². The minimum absolute atomic E-state index is 0.0225. The molecule has 10 nitrogen and oxygen atoms in total. The Hall–Kier alpha value is -2.65. The van der Waals surface area contributed by atoms with Gasteiger partial charge in [0.25, 0.3) is 0 Å². The zero-order valence-corrected chi connectivity index (χ0v) is 29.2. The molecule has 2 amide bonds. The summed E-state index contributed by atoms with van der Waals surface area (Å²) in [4.78, 5) is 59.7. The summed E-state index contributed by atoms with van der Waals surface area (Å²) in [5.41, 5.74) is -1.12. The minimum Gasteiger partial charge on any atom is -0.481 e. The molecule has 0 aromatic rings. The number of carbonyl (C=O) groups excluding carboxylic acids is 4. The van der Waals surface area contributed by atoms with E-state index >= 15 is 0 Å². The largest absolute Gasteiger partial charge is 0.481 e. The van der Waals surface area contributed by atoms with Crippen molar-refractivity contribution < 1.29 is 38.6 Å². The topological polar surface area (TPSA) is 148 Å². The van der Waals surface area contributed by atoms with Gasteiger partial charge in [-0.25, -0.2) is 4.79 Å². The number of aliphatic carboxylic acids is 1. The van der Waals surface area contributed by atoms with Gasteiger partial charge in [0, 0.05) is 32.2 Å². The lowest BCUT2D eigenvalue weighted by Gasteiger charge is -2.24. The molecule has 0 aliphatic carbocycles. The second-order valence-corrected chi connectivity index (χ2v) is 14.1. The lowest BCUT2D eigenvalue weighted by atomic mass is 10.0. The second-order valence-electron chi connectivity index (χ2n) is 14.1. The maximum atomic E-state index is 12.7. The van der Waals surface area contributed by atoms with Crippen molar-refractivity contribution in [1.82, 2.24) is 10.6 Å². The van der Waals surface area contributed by atoms with Crippen molar-refractivity contribution in [3.63, 3.8) is 0 Å². The summed E-state index contributed by atoms with van der Waals surface area (Å²) in [7, 11) is 0. The molecule has 0 aromatic carbocycles. The van der Waals surface area contributed by atoms with Gasteiger partial charge in [0.2, 0.25) is 11.8 Å². The van der Waals surface area contributed by atoms with Crippen LogP contribution >= 0.6 is 0 Å². The average Bonchev–Trinajstić information content (AvgIpc) is 2.91. The van der Waals surface area contributed by atoms with Crippen molar-refractivity contribution >= 4 is 29.7 Å². The molecule has 0 unspecified atom stereocenters. The van der Waals surface area contributed by atoms with Crippen LogP contribution in [0.4, 0.5) is 0 Å². The number of carboxylic acid groups (broad SMARTS) is 1. The number of rotatable bonds is 26. The maximum absolute atomic E-state index is 12.7. The number of ether oxygens (including phenoxy) is 2. The number of hydrogen-bond donors (Lipinski definition) is 3. The molecule has 0 bridgehead atoms. The van der Waals surface area contributed by atoms with E-state index in [-0.39, 0.29) is 43.6 Å². The normalized spacial score (nSPS) is 12.3. The highest BCUT2D eigenvalue weighted by Crippen LogP contribution is 2.16. The van der Waals surface area contributed by atoms with Gasteiger partial charge in [-0.1, -0.05) is 77.0 Å². The smallest absolute Gasteiger partial charge is 0.329 e. The first kappa shape index (κ1) is 42.3. The molecule has 0 saturated carbocycles. The van der Waals surface area contributed by atoms with Crippen LogP contribution in [0.1, 0.15) is 170 Å². The van der Waals surface area contributed by atoms with Gasteiger partial charge >= 0.3 is 17.9 Å². The first-order valence-corrected chi connectivity index (χ1v) is 17.3. The number of nitrogens with one attached hydrogen (secondary N) is 2. The third kappa shape index (κ3) is 29.8. The Morgan fingerprint density at radius 1 is 0.556 bits per heavy atom. The van der Waals surface area contributed by atoms with Gasteiger partial charge in [0.1, 0.15) is 17.2 Å². The third-order valence-corrected chi connectivity index (χ3v) is 7.03. The SMILES string of the molecule is CC(C)(C)OC(=O)CCCCCCCCCCCCCCCCC(=O)N[C@@H](CCC(=O)NCCCC(=O)O)C(=O)OC(C)(C)C. The molecule has 0 heterocycles. The molecular formula is C35H64N2O8. The van der Waals surface area contributed by atoms with Crippen LogP contribution in [0, 0.1) is 0 Å². The molecule has 262 valence electrons. The van der Waals surface area contributed by atoms with Crippen LogP contribution in [-0.4, -0.2) is 58.6 Å². The Bertz CT molecular complexity index is 861. The molecule has 0 radical (unpaired) electrons. The fourth-order valence-corrected chi connectivity index (χ4v) is 4.79. The first-order chi connectivity index (χ1) is 21.1. The summed E-state index contributed by atoms with van der Waals surface area (Å²) < 4.78 is 10.8. The van der Waals surface area contributed by atoms with Crippen LogP contribution < -0.4 is 10.6 Å². The van der Waals surface area contributed by atoms with Gasteiger partial charge < -0.3 is 25.2 Å². The molecule has 0 fully saturated rings. The monoisotopic (exact) mass is 640 g/mol. The number of hydrogen-bond acceptors (Lipinski definition) is 7. The molecule has 0 aromatic heterocycles. The van der Waals surface area contributed by atoms with Crippen molar-refractivity contribution in [2.45, 2.75) is 187 Å². The summed E-state index contributed by atoms with van der Waals surface area (Å²) in [5.74, 6) is -2.11. The van der Waals surface area contributed by atoms with Gasteiger partial charge in [-0.05, 0) is 67.2 Å². The lowest BCUT2D eigenvalue weighted by molar-refractivity contribution is -0.159. The first-order valence-electron chi connectivity index (χ1n) is 17.3. The molecule has 0 aliphatic heterocycles. The highest BCUT2D eigenvalue weighted by atomic mass is 16.6. The van der Waals surface area contributed by atoms with E-state index in [0.29, 0.717) is 19.3 Å². The average molecular weight is 641 g/mol. The van der Waals surface area contributed by atoms with Crippen LogP contribution in [0.25, 0.3) is 0 Å². The molecular weight excluding hydrogens is 576 g/mol. The molecule has 0 saturated heterocycles. The Kier molecular flexibility index (Phi) is 23.1. The van der Waals surface area contributed by atoms with E-state index < -0.39 is 29.2 Å². The quantitative estimate of drug-likeness (QED) is 0.0666. The van der Waals surface area contributed by atoms with Crippen molar-refractivity contribution in [3.8, 4) is 0 Å². The highest BCUT2D eigenvalue weighted by molar-refractivity contribution is 5.85. The van der Waals surface area contributed by atoms with Crippen molar-refractivity contribution in [1.29, 1.82) is 0 Å². The van der Waals surface area contributed by atoms with Crippen LogP contribution in [0.2, 0.25) is 0 Å². The van der Waals surface area contributed by atoms with E-state index in [0.717, 1.165) is 38.5 Å². The molecule has 3 N–H and O–H groups in total. The van der Waals surface area contributed by atoms with Crippen LogP contribution in [-0.2, 0) is 33.4 Å². The maximum Gasteiger partial charge on any atom is 0.329 e. The number of unbranched alkanes of at least 4 members (excludes halogenated alkanes) is 13. The van der Waals surface area contributed by atoms with Crippen LogP contribution in [0.5, 0.6) is 0 Å². The molecule has 45 heavy (non-hydrogen) atoms. The van der Waals surface area contributed by atoms with Gasteiger partial charge in [0.05, 0.1) is 0 Å². The lowest BCUT2D eigenvalue weighted by Crippen LogP contribution is -2.44. The van der Waals surface area contributed by atoms with Gasteiger partial charge in [0.15, 0.2) is 0 Å². The van der Waals surface area contributed by atoms with E-state index in [1.54, 1.807) is 20.8 Å². The van der Waals surface area contributed by atoms with Gasteiger partial charge in [-0.2, -0.15) is 0 Å². The number of esters is 2. The molecule has 0 aliphatic rings. The van der Waals surface area contributed by atoms with E-state index in [1.165, 1.54) is 51.4 Å². The number of carbonyl (C=O) groups is 5. The molecule has 0 rings (SSSR count). The van der Waals surface area contributed by atoms with Crippen molar-refractivity contribution in [3.05, 3.63) is 0 Å². The van der Waals surface area contributed by atoms with E-state index in [9.17, 15) is 24.0 Å². The predicted octanol–water partition coefficient (Wildman–Crippen LogP) is 7.16. The van der Waals surface area contributed by atoms with Gasteiger partial charge in [-0.3, -0.25) is 19.2 Å². The van der Waals surface area contributed by atoms with Crippen molar-refractivity contribution in [2.24, 2.45) is 0 Å². The summed E-state index contributed by atoms with van der Waals surface area (Å²) in [6, 6.07) is -0.911. The Morgan fingerprint density at radius 2 is 1.00 bits per heavy atom. The molecule has 0 spiro atoms. The minimum atomic E-state index is -0.920. The summed E-state index contributed by atoms with van der Waals surface area (Å²) in [6.45, 7) is 11.2. The summed E-state index contributed by atoms with van der Waals surface area (Å²) >= 11 is 0. The number of carboxylic acids is 1. The standard InChI is InChI=1S/C35H64N2O8/c1-34(2,3)44-32(42)24-20-18-16-14-12-10-8-7-9-11-13-15-17-19-22-30(39)37-28(33(43)45-35(4,5)6)25-26-29(38)36-27-21-23-31(40)41/h28H,7-27H2,1-6H3,(H,36,38)(H,37,39)(H,40,41)/t28-/m0/s1. The fourth-order valence-electron chi connectivity index (χ4n) is 4.79. The van der Waals surface area contributed by atoms with Crippen LogP contribution in [0.3, 0.4) is 0 Å². The van der Waals surface area contributed by atoms with Crippen molar-refractivity contribution in [2.75, 3.05) is 6.54 Å². The van der Waals surface area contributed by atoms with E-state index in [1.807, 2.05) is 20.8 Å². The van der Waals surface area contributed by atoms with E-state index in [4.69, 9.17) is 14.6 Å². The predicted molar refractivity (Wildman–Crippen MR) is 177 cm³/mol.